The summed E-state index contributed by atoms with van der Waals surface area (Å²) >= 11 is 0. The summed E-state index contributed by atoms with van der Waals surface area (Å²) in [6, 6.07) is 7.94. The van der Waals surface area contributed by atoms with Crippen LogP contribution >= 0.6 is 0 Å². The number of nitrogens with one attached hydrogen (secondary N) is 1. The van der Waals surface area contributed by atoms with Gasteiger partial charge in [-0.3, -0.25) is 14.6 Å². The van der Waals surface area contributed by atoms with Crippen molar-refractivity contribution in [1.29, 1.82) is 0 Å². The van der Waals surface area contributed by atoms with E-state index >= 15 is 0 Å². The molecule has 0 atom stereocenters. The molecule has 0 aliphatic heterocycles. The van der Waals surface area contributed by atoms with Crippen LogP contribution in [0.2, 0.25) is 0 Å². The second-order valence-electron chi connectivity index (χ2n) is 6.82. The Hall–Kier alpha value is -3.14. The molecule has 0 saturated heterocycles. The lowest BCUT2D eigenvalue weighted by atomic mass is 9.98. The molecule has 1 amide bonds. The predicted octanol–water partition coefficient (Wildman–Crippen LogP) is 3.60. The Labute approximate surface area is 161 Å². The van der Waals surface area contributed by atoms with Crippen molar-refractivity contribution in [3.8, 4) is 12.3 Å². The van der Waals surface area contributed by atoms with Gasteiger partial charge in [-0.15, -0.1) is 6.42 Å². The number of pyridine rings is 1. The topological polar surface area (TPSA) is 59.1 Å². The van der Waals surface area contributed by atoms with Gasteiger partial charge in [0.2, 0.25) is 0 Å². The molecule has 0 saturated carbocycles. The van der Waals surface area contributed by atoms with E-state index in [1.165, 1.54) is 36.5 Å². The Morgan fingerprint density at radius 2 is 1.82 bits per heavy atom. The zero-order valence-corrected chi connectivity index (χ0v) is 15.4. The van der Waals surface area contributed by atoms with Gasteiger partial charge in [0.15, 0.2) is 0 Å². The largest absolute Gasteiger partial charge is 0.416 e. The van der Waals surface area contributed by atoms with E-state index in [0.717, 1.165) is 6.07 Å². The van der Waals surface area contributed by atoms with Gasteiger partial charge < -0.3 is 5.32 Å². The number of hydrogen-bond donors (Lipinski definition) is 1. The fourth-order valence-electron chi connectivity index (χ4n) is 2.55. The van der Waals surface area contributed by atoms with Crippen LogP contribution in [0.15, 0.2) is 42.6 Å². The molecule has 1 heterocycles. The first-order chi connectivity index (χ1) is 13.0. The first kappa shape index (κ1) is 21.2. The number of benzene rings is 1. The van der Waals surface area contributed by atoms with Crippen molar-refractivity contribution in [3.05, 3.63) is 65.0 Å². The minimum Gasteiger partial charge on any atom is -0.335 e. The summed E-state index contributed by atoms with van der Waals surface area (Å²) in [7, 11) is 0. The number of aromatic nitrogens is 1. The Morgan fingerprint density at radius 3 is 2.46 bits per heavy atom. The summed E-state index contributed by atoms with van der Waals surface area (Å²) in [6.45, 7) is 3.30. The van der Waals surface area contributed by atoms with Gasteiger partial charge in [0.1, 0.15) is 11.5 Å². The van der Waals surface area contributed by atoms with Gasteiger partial charge in [0, 0.05) is 19.0 Å². The van der Waals surface area contributed by atoms with Gasteiger partial charge in [-0.1, -0.05) is 24.1 Å². The van der Waals surface area contributed by atoms with Crippen LogP contribution < -0.4 is 5.32 Å². The fourth-order valence-corrected chi connectivity index (χ4v) is 2.55. The van der Waals surface area contributed by atoms with E-state index in [1.807, 2.05) is 0 Å². The third kappa shape index (κ3) is 5.68. The zero-order chi connectivity index (χ0) is 20.9. The molecule has 1 aromatic heterocycles. The Kier molecular flexibility index (Phi) is 6.24. The minimum atomic E-state index is -4.53. The standard InChI is InChI=1S/C21H19F3N2O2/c1-4-20(2,3)26-19(28)18-12-14(9-10-25-18)11-16(27)13-15-7-5-6-8-17(15)21(22,23)24/h1,5-10,12H,11,13H2,2-3H3,(H,26,28). The van der Waals surface area contributed by atoms with Crippen molar-refractivity contribution in [2.45, 2.75) is 38.4 Å². The Balaban J connectivity index is 2.12. The maximum atomic E-state index is 13.1. The summed E-state index contributed by atoms with van der Waals surface area (Å²) in [6.07, 6.45) is 1.70. The highest BCUT2D eigenvalue weighted by molar-refractivity contribution is 5.93. The third-order valence-corrected chi connectivity index (χ3v) is 3.96. The molecule has 0 aliphatic carbocycles. The molecular formula is C21H19F3N2O2. The summed E-state index contributed by atoms with van der Waals surface area (Å²) in [5.74, 6) is 1.52. The second-order valence-corrected chi connectivity index (χ2v) is 6.82. The van der Waals surface area contributed by atoms with Crippen LogP contribution in [0.3, 0.4) is 0 Å². The average molecular weight is 388 g/mol. The lowest BCUT2D eigenvalue weighted by Gasteiger charge is -2.19. The summed E-state index contributed by atoms with van der Waals surface area (Å²) < 4.78 is 39.2. The lowest BCUT2D eigenvalue weighted by Crippen LogP contribution is -2.42. The van der Waals surface area contributed by atoms with E-state index < -0.39 is 29.0 Å². The lowest BCUT2D eigenvalue weighted by molar-refractivity contribution is -0.138. The van der Waals surface area contributed by atoms with Crippen LogP contribution in [0, 0.1) is 12.3 Å². The van der Waals surface area contributed by atoms with Crippen LogP contribution in [0.5, 0.6) is 0 Å². The molecule has 1 aromatic carbocycles. The Bertz CT molecular complexity index is 928. The highest BCUT2D eigenvalue weighted by Gasteiger charge is 2.33. The second kappa shape index (κ2) is 8.26. The smallest absolute Gasteiger partial charge is 0.335 e. The quantitative estimate of drug-likeness (QED) is 0.770. The molecule has 146 valence electrons. The molecular weight excluding hydrogens is 369 g/mol. The first-order valence-corrected chi connectivity index (χ1v) is 8.44. The molecule has 0 radical (unpaired) electrons. The summed E-state index contributed by atoms with van der Waals surface area (Å²) in [4.78, 5) is 28.5. The van der Waals surface area contributed by atoms with E-state index in [0.29, 0.717) is 5.56 Å². The molecule has 7 heteroatoms. The number of terminal acetylenes is 1. The van der Waals surface area contributed by atoms with Gasteiger partial charge in [-0.2, -0.15) is 13.2 Å². The van der Waals surface area contributed by atoms with Gasteiger partial charge in [0.05, 0.1) is 11.1 Å². The van der Waals surface area contributed by atoms with Crippen molar-refractivity contribution in [2.75, 3.05) is 0 Å². The molecule has 28 heavy (non-hydrogen) atoms. The number of carbonyl (C=O) groups excluding carboxylic acids is 2. The first-order valence-electron chi connectivity index (χ1n) is 8.44. The van der Waals surface area contributed by atoms with Gasteiger partial charge in [-0.05, 0) is 43.2 Å². The minimum absolute atomic E-state index is 0.0734. The van der Waals surface area contributed by atoms with Crippen molar-refractivity contribution in [2.24, 2.45) is 0 Å². The third-order valence-electron chi connectivity index (χ3n) is 3.96. The van der Waals surface area contributed by atoms with E-state index in [2.05, 4.69) is 16.2 Å². The van der Waals surface area contributed by atoms with E-state index in [-0.39, 0.29) is 24.1 Å². The fraction of sp³-hybridized carbons (Fsp3) is 0.286. The SMILES string of the molecule is C#CC(C)(C)NC(=O)c1cc(CC(=O)Cc2ccccc2C(F)(F)F)ccn1. The number of carbonyl (C=O) groups is 2. The van der Waals surface area contributed by atoms with Crippen molar-refractivity contribution in [1.82, 2.24) is 10.3 Å². The summed E-state index contributed by atoms with van der Waals surface area (Å²) in [5.41, 5.74) is -1.22. The van der Waals surface area contributed by atoms with Crippen LogP contribution in [-0.2, 0) is 23.8 Å². The van der Waals surface area contributed by atoms with Crippen LogP contribution in [-0.4, -0.2) is 22.2 Å². The molecule has 0 fully saturated rings. The molecule has 4 nitrogen and oxygen atoms in total. The van der Waals surface area contributed by atoms with Gasteiger partial charge in [0.25, 0.3) is 5.91 Å². The molecule has 0 bridgehead atoms. The number of halogens is 3. The molecule has 0 spiro atoms. The van der Waals surface area contributed by atoms with Gasteiger partial charge in [-0.25, -0.2) is 0 Å². The normalized spacial score (nSPS) is 11.6. The zero-order valence-electron chi connectivity index (χ0n) is 15.4. The number of rotatable bonds is 6. The van der Waals surface area contributed by atoms with Crippen LogP contribution in [0.1, 0.15) is 41.0 Å². The molecule has 0 aliphatic rings. The molecule has 2 aromatic rings. The number of amides is 1. The number of hydrogen-bond acceptors (Lipinski definition) is 3. The van der Waals surface area contributed by atoms with Gasteiger partial charge >= 0.3 is 6.18 Å². The Morgan fingerprint density at radius 1 is 1.14 bits per heavy atom. The number of alkyl halides is 3. The molecule has 0 unspecified atom stereocenters. The maximum Gasteiger partial charge on any atom is 0.416 e. The number of ketones is 1. The van der Waals surface area contributed by atoms with E-state index in [4.69, 9.17) is 6.42 Å². The molecule has 1 N–H and O–H groups in total. The molecule has 2 rings (SSSR count). The van der Waals surface area contributed by atoms with Crippen molar-refractivity contribution >= 4 is 11.7 Å². The predicted molar refractivity (Wildman–Crippen MR) is 98.5 cm³/mol. The van der Waals surface area contributed by atoms with Crippen molar-refractivity contribution < 1.29 is 22.8 Å². The van der Waals surface area contributed by atoms with Crippen LogP contribution in [0.25, 0.3) is 0 Å². The highest BCUT2D eigenvalue weighted by atomic mass is 19.4. The number of Topliss-reactive ketones (excluding diaryl/α,β-unsaturated/α-hetero) is 1. The highest BCUT2D eigenvalue weighted by Crippen LogP contribution is 2.32. The van der Waals surface area contributed by atoms with E-state index in [9.17, 15) is 22.8 Å². The van der Waals surface area contributed by atoms with E-state index in [1.54, 1.807) is 13.8 Å². The van der Waals surface area contributed by atoms with Crippen LogP contribution in [0.4, 0.5) is 13.2 Å². The monoisotopic (exact) mass is 388 g/mol. The summed E-state index contributed by atoms with van der Waals surface area (Å²) in [5, 5.41) is 2.62. The number of nitrogens with zero attached hydrogens (tertiary/aromatic N) is 1. The average Bonchev–Trinajstić information content (AvgIpc) is 2.61. The maximum absolute atomic E-state index is 13.1. The van der Waals surface area contributed by atoms with Crippen molar-refractivity contribution in [3.63, 3.8) is 0 Å².